The van der Waals surface area contributed by atoms with Crippen LogP contribution in [0.1, 0.15) is 6.92 Å². The van der Waals surface area contributed by atoms with Gasteiger partial charge in [-0.2, -0.15) is 0 Å². The molecule has 3 N–H and O–H groups in total. The number of benzene rings is 1. The van der Waals surface area contributed by atoms with Crippen molar-refractivity contribution in [2.75, 3.05) is 63.1 Å². The predicted octanol–water partition coefficient (Wildman–Crippen LogP) is 2.30. The zero-order valence-corrected chi connectivity index (χ0v) is 15.6. The summed E-state index contributed by atoms with van der Waals surface area (Å²) in [6, 6.07) is 7.65. The zero-order chi connectivity index (χ0) is 18.8. The van der Waals surface area contributed by atoms with Crippen LogP contribution in [0.25, 0.3) is 0 Å². The number of nitrogens with one attached hydrogen (secondary N) is 1. The lowest BCUT2D eigenvalue weighted by Gasteiger charge is -2.25. The number of anilines is 4. The Morgan fingerprint density at radius 1 is 1.08 bits per heavy atom. The summed E-state index contributed by atoms with van der Waals surface area (Å²) in [7, 11) is 3.32. The van der Waals surface area contributed by atoms with Crippen molar-refractivity contribution in [1.82, 2.24) is 9.97 Å². The molecular formula is C18H27N5O3. The molecule has 0 aliphatic carbocycles. The number of methoxy groups -OCH3 is 2. The minimum Gasteiger partial charge on any atom is -0.492 e. The van der Waals surface area contributed by atoms with Crippen molar-refractivity contribution < 1.29 is 14.2 Å². The van der Waals surface area contributed by atoms with Crippen LogP contribution in [0.15, 0.2) is 30.6 Å². The summed E-state index contributed by atoms with van der Waals surface area (Å²) in [6.07, 6.45) is 1.49. The maximum atomic E-state index is 6.35. The van der Waals surface area contributed by atoms with Crippen molar-refractivity contribution in [2.45, 2.75) is 6.92 Å². The summed E-state index contributed by atoms with van der Waals surface area (Å²) in [6.45, 7) is 4.93. The number of para-hydroxylation sites is 2. The van der Waals surface area contributed by atoms with E-state index in [1.165, 1.54) is 6.33 Å². The lowest BCUT2D eigenvalue weighted by atomic mass is 10.3. The van der Waals surface area contributed by atoms with E-state index >= 15 is 0 Å². The molecule has 2 aromatic rings. The topological polar surface area (TPSA) is 94.8 Å². The maximum absolute atomic E-state index is 6.35. The van der Waals surface area contributed by atoms with E-state index in [0.29, 0.717) is 50.2 Å². The van der Waals surface area contributed by atoms with E-state index < -0.39 is 0 Å². The molecule has 0 bridgehead atoms. The molecule has 2 rings (SSSR count). The minimum absolute atomic E-state index is 0.464. The van der Waals surface area contributed by atoms with Gasteiger partial charge in [0.1, 0.15) is 17.8 Å². The second-order valence-electron chi connectivity index (χ2n) is 5.49. The van der Waals surface area contributed by atoms with Crippen LogP contribution < -0.4 is 20.7 Å². The highest BCUT2D eigenvalue weighted by Gasteiger charge is 2.16. The first-order valence-corrected chi connectivity index (χ1v) is 8.53. The van der Waals surface area contributed by atoms with Gasteiger partial charge < -0.3 is 30.2 Å². The summed E-state index contributed by atoms with van der Waals surface area (Å²) >= 11 is 0. The molecule has 0 saturated carbocycles. The van der Waals surface area contributed by atoms with E-state index in [9.17, 15) is 0 Å². The highest BCUT2D eigenvalue weighted by atomic mass is 16.5. The van der Waals surface area contributed by atoms with E-state index in [4.69, 9.17) is 19.9 Å². The summed E-state index contributed by atoms with van der Waals surface area (Å²) in [5, 5.41) is 3.24. The second-order valence-corrected chi connectivity index (χ2v) is 5.49. The Labute approximate surface area is 154 Å². The van der Waals surface area contributed by atoms with Crippen LogP contribution >= 0.6 is 0 Å². The third kappa shape index (κ3) is 5.21. The van der Waals surface area contributed by atoms with Gasteiger partial charge in [0.15, 0.2) is 11.6 Å². The van der Waals surface area contributed by atoms with Crippen LogP contribution in [0, 0.1) is 0 Å². The average Bonchev–Trinajstić information content (AvgIpc) is 2.66. The molecule has 1 aromatic heterocycles. The van der Waals surface area contributed by atoms with Gasteiger partial charge in [0.05, 0.1) is 25.5 Å². The Morgan fingerprint density at radius 2 is 1.77 bits per heavy atom. The first-order valence-electron chi connectivity index (χ1n) is 8.53. The Balaban J connectivity index is 2.27. The lowest BCUT2D eigenvalue weighted by molar-refractivity contribution is 0.190. The molecule has 26 heavy (non-hydrogen) atoms. The van der Waals surface area contributed by atoms with Gasteiger partial charge in [0.2, 0.25) is 0 Å². The normalized spacial score (nSPS) is 10.6. The fourth-order valence-corrected chi connectivity index (χ4v) is 2.44. The smallest absolute Gasteiger partial charge is 0.159 e. The molecule has 8 heteroatoms. The third-order valence-corrected chi connectivity index (χ3v) is 3.73. The van der Waals surface area contributed by atoms with Gasteiger partial charge in [-0.05, 0) is 19.1 Å². The van der Waals surface area contributed by atoms with Crippen molar-refractivity contribution in [3.05, 3.63) is 30.6 Å². The molecule has 0 aliphatic rings. The van der Waals surface area contributed by atoms with Crippen LogP contribution in [-0.2, 0) is 9.47 Å². The molecule has 1 heterocycles. The fourth-order valence-electron chi connectivity index (χ4n) is 2.44. The van der Waals surface area contributed by atoms with Gasteiger partial charge >= 0.3 is 0 Å². The molecule has 0 spiro atoms. The monoisotopic (exact) mass is 361 g/mol. The quantitative estimate of drug-likeness (QED) is 0.629. The molecule has 0 atom stereocenters. The van der Waals surface area contributed by atoms with Gasteiger partial charge in [-0.1, -0.05) is 12.1 Å². The summed E-state index contributed by atoms with van der Waals surface area (Å²) in [5.74, 6) is 1.91. The minimum atomic E-state index is 0.464. The Hall–Kier alpha value is -2.58. The SMILES string of the molecule is CCOc1ccccc1Nc1ncnc(N(CCOC)CCOC)c1N. The molecule has 0 unspecified atom stereocenters. The molecule has 0 amide bonds. The third-order valence-electron chi connectivity index (χ3n) is 3.73. The number of aromatic nitrogens is 2. The zero-order valence-electron chi connectivity index (χ0n) is 15.6. The highest BCUT2D eigenvalue weighted by Crippen LogP contribution is 2.32. The first-order chi connectivity index (χ1) is 12.7. The number of ether oxygens (including phenoxy) is 3. The van der Waals surface area contributed by atoms with Crippen molar-refractivity contribution in [1.29, 1.82) is 0 Å². The number of nitrogens with two attached hydrogens (primary N) is 1. The van der Waals surface area contributed by atoms with Gasteiger partial charge in [-0.25, -0.2) is 9.97 Å². The van der Waals surface area contributed by atoms with E-state index in [0.717, 1.165) is 11.4 Å². The Morgan fingerprint density at radius 3 is 2.42 bits per heavy atom. The standard InChI is InChI=1S/C18H27N5O3/c1-4-26-15-8-6-5-7-14(15)22-17-16(19)18(21-13-20-17)23(9-11-24-2)10-12-25-3/h5-8,13H,4,9-12,19H2,1-3H3,(H,20,21,22). The van der Waals surface area contributed by atoms with Gasteiger partial charge in [-0.15, -0.1) is 0 Å². The van der Waals surface area contributed by atoms with Crippen LogP contribution in [0.4, 0.5) is 23.0 Å². The van der Waals surface area contributed by atoms with Crippen molar-refractivity contribution in [2.24, 2.45) is 0 Å². The number of nitrogen functional groups attached to an aromatic ring is 1. The average molecular weight is 361 g/mol. The maximum Gasteiger partial charge on any atom is 0.159 e. The van der Waals surface area contributed by atoms with Crippen molar-refractivity contribution in [3.8, 4) is 5.75 Å². The number of hydrogen-bond donors (Lipinski definition) is 2. The molecule has 0 aliphatic heterocycles. The van der Waals surface area contributed by atoms with Crippen molar-refractivity contribution >= 4 is 23.0 Å². The molecule has 142 valence electrons. The van der Waals surface area contributed by atoms with Crippen molar-refractivity contribution in [3.63, 3.8) is 0 Å². The van der Waals surface area contributed by atoms with Crippen LogP contribution in [0.5, 0.6) is 5.75 Å². The Bertz CT molecular complexity index is 676. The van der Waals surface area contributed by atoms with Crippen LogP contribution in [0.3, 0.4) is 0 Å². The van der Waals surface area contributed by atoms with E-state index in [1.807, 2.05) is 36.1 Å². The van der Waals surface area contributed by atoms with Crippen LogP contribution in [-0.4, -0.2) is 57.1 Å². The van der Waals surface area contributed by atoms with Gasteiger partial charge in [0.25, 0.3) is 0 Å². The molecule has 1 aromatic carbocycles. The molecule has 0 fully saturated rings. The largest absolute Gasteiger partial charge is 0.492 e. The van der Waals surface area contributed by atoms with Crippen LogP contribution in [0.2, 0.25) is 0 Å². The van der Waals surface area contributed by atoms with Gasteiger partial charge in [-0.3, -0.25) is 0 Å². The number of rotatable bonds is 11. The molecule has 0 radical (unpaired) electrons. The summed E-state index contributed by atoms with van der Waals surface area (Å²) < 4.78 is 16.0. The number of hydrogen-bond acceptors (Lipinski definition) is 8. The molecule has 0 saturated heterocycles. The van der Waals surface area contributed by atoms with Gasteiger partial charge in [0, 0.05) is 27.3 Å². The predicted molar refractivity (Wildman–Crippen MR) is 103 cm³/mol. The fraction of sp³-hybridized carbons (Fsp3) is 0.444. The first kappa shape index (κ1) is 19.7. The Kier molecular flexibility index (Phi) is 7.91. The van der Waals surface area contributed by atoms with E-state index in [-0.39, 0.29) is 0 Å². The molecule has 8 nitrogen and oxygen atoms in total. The summed E-state index contributed by atoms with van der Waals surface area (Å²) in [5.41, 5.74) is 7.61. The summed E-state index contributed by atoms with van der Waals surface area (Å²) in [4.78, 5) is 10.7. The number of nitrogens with zero attached hydrogens (tertiary/aromatic N) is 3. The highest BCUT2D eigenvalue weighted by molar-refractivity contribution is 5.79. The van der Waals surface area contributed by atoms with E-state index in [2.05, 4.69) is 15.3 Å². The molecular weight excluding hydrogens is 334 g/mol. The second kappa shape index (κ2) is 10.4. The van der Waals surface area contributed by atoms with E-state index in [1.54, 1.807) is 14.2 Å². The lowest BCUT2D eigenvalue weighted by Crippen LogP contribution is -2.32.